The molecule has 0 aromatic carbocycles. The summed E-state index contributed by atoms with van der Waals surface area (Å²) in [4.78, 5) is 5.26. The topological polar surface area (TPSA) is 6.48 Å². The van der Waals surface area contributed by atoms with Crippen LogP contribution in [0.1, 0.15) is 13.8 Å². The van der Waals surface area contributed by atoms with Crippen molar-refractivity contribution in [2.45, 2.75) is 19.9 Å². The molecule has 11 heavy (non-hydrogen) atoms. The van der Waals surface area contributed by atoms with E-state index < -0.39 is 0 Å². The van der Waals surface area contributed by atoms with Crippen LogP contribution in [0.3, 0.4) is 0 Å². The van der Waals surface area contributed by atoms with E-state index in [4.69, 9.17) is 0 Å². The summed E-state index contributed by atoms with van der Waals surface area (Å²) in [5.74, 6) is 0.832. The molecule has 0 spiro atoms. The Hall–Kier alpha value is -0.0800. The standard InChI is InChI=1S/C9H18N2/c1-8(2)9-7-10-3-5-11(9)6-4-10/h8-9H,3-7H2,1-2H3. The molecule has 3 heterocycles. The maximum atomic E-state index is 2.66. The van der Waals surface area contributed by atoms with Gasteiger partial charge >= 0.3 is 0 Å². The fraction of sp³-hybridized carbons (Fsp3) is 1.00. The molecule has 64 valence electrons. The highest BCUT2D eigenvalue weighted by Crippen LogP contribution is 2.20. The first-order chi connectivity index (χ1) is 5.27. The molecule has 0 amide bonds. The van der Waals surface area contributed by atoms with E-state index in [1.165, 1.54) is 32.7 Å². The summed E-state index contributed by atoms with van der Waals surface area (Å²) in [5.41, 5.74) is 0. The van der Waals surface area contributed by atoms with Crippen molar-refractivity contribution >= 4 is 0 Å². The van der Waals surface area contributed by atoms with Crippen LogP contribution in [0.4, 0.5) is 0 Å². The van der Waals surface area contributed by atoms with Gasteiger partial charge in [0.15, 0.2) is 0 Å². The Kier molecular flexibility index (Phi) is 1.90. The van der Waals surface area contributed by atoms with Gasteiger partial charge in [-0.05, 0) is 5.92 Å². The Labute approximate surface area is 69.2 Å². The molecule has 2 heteroatoms. The lowest BCUT2D eigenvalue weighted by molar-refractivity contribution is -0.00599. The second-order valence-corrected chi connectivity index (χ2v) is 4.15. The van der Waals surface area contributed by atoms with E-state index in [0.29, 0.717) is 0 Å². The molecule has 0 aromatic heterocycles. The van der Waals surface area contributed by atoms with Crippen molar-refractivity contribution in [2.75, 3.05) is 32.7 Å². The Morgan fingerprint density at radius 2 is 1.73 bits per heavy atom. The first kappa shape index (κ1) is 7.56. The molecule has 0 aliphatic carbocycles. The highest BCUT2D eigenvalue weighted by Gasteiger charge is 2.32. The molecule has 3 aliphatic heterocycles. The molecule has 1 atom stereocenters. The first-order valence-electron chi connectivity index (χ1n) is 4.74. The molecule has 2 bridgehead atoms. The molecule has 0 aromatic rings. The van der Waals surface area contributed by atoms with Gasteiger partial charge in [0.25, 0.3) is 0 Å². The zero-order chi connectivity index (χ0) is 7.84. The van der Waals surface area contributed by atoms with Gasteiger partial charge in [-0.3, -0.25) is 9.80 Å². The molecule has 0 radical (unpaired) electrons. The Balaban J connectivity index is 2.03. The first-order valence-corrected chi connectivity index (χ1v) is 4.74. The molecule has 3 rings (SSSR count). The molecular formula is C9H18N2. The molecule has 3 fully saturated rings. The number of fused-ring (bicyclic) bond motifs is 3. The highest BCUT2D eigenvalue weighted by molar-refractivity contribution is 4.89. The molecular weight excluding hydrogens is 136 g/mol. The quantitative estimate of drug-likeness (QED) is 0.547. The van der Waals surface area contributed by atoms with Crippen molar-refractivity contribution in [1.82, 2.24) is 9.80 Å². The predicted octanol–water partition coefficient (Wildman–Crippen LogP) is 0.642. The lowest BCUT2D eigenvalue weighted by atomic mass is 9.97. The molecule has 0 N–H and O–H groups in total. The van der Waals surface area contributed by atoms with Crippen LogP contribution in [0.15, 0.2) is 0 Å². The van der Waals surface area contributed by atoms with Gasteiger partial charge in [-0.1, -0.05) is 13.8 Å². The van der Waals surface area contributed by atoms with E-state index >= 15 is 0 Å². The van der Waals surface area contributed by atoms with E-state index in [1.54, 1.807) is 0 Å². The number of nitrogens with zero attached hydrogens (tertiary/aromatic N) is 2. The minimum Gasteiger partial charge on any atom is -0.299 e. The third-order valence-corrected chi connectivity index (χ3v) is 3.09. The summed E-state index contributed by atoms with van der Waals surface area (Å²) in [6.07, 6.45) is 0. The van der Waals surface area contributed by atoms with Gasteiger partial charge in [0, 0.05) is 38.8 Å². The lowest BCUT2D eigenvalue weighted by Gasteiger charge is -2.49. The number of rotatable bonds is 1. The van der Waals surface area contributed by atoms with Crippen molar-refractivity contribution in [2.24, 2.45) is 5.92 Å². The van der Waals surface area contributed by atoms with Crippen molar-refractivity contribution < 1.29 is 0 Å². The maximum Gasteiger partial charge on any atom is 0.0247 e. The summed E-state index contributed by atoms with van der Waals surface area (Å²) in [6.45, 7) is 11.2. The fourth-order valence-electron chi connectivity index (χ4n) is 2.29. The lowest BCUT2D eigenvalue weighted by Crippen LogP contribution is -2.62. The molecule has 1 unspecified atom stereocenters. The fourth-order valence-corrected chi connectivity index (χ4v) is 2.29. The minimum atomic E-state index is 0.832. The maximum absolute atomic E-state index is 2.66. The van der Waals surface area contributed by atoms with Crippen LogP contribution in [0, 0.1) is 5.92 Å². The van der Waals surface area contributed by atoms with Gasteiger partial charge in [-0.25, -0.2) is 0 Å². The zero-order valence-electron chi connectivity index (χ0n) is 7.58. The number of hydrogen-bond donors (Lipinski definition) is 0. The van der Waals surface area contributed by atoms with Gasteiger partial charge in [-0.2, -0.15) is 0 Å². The summed E-state index contributed by atoms with van der Waals surface area (Å²) in [5, 5.41) is 0. The van der Waals surface area contributed by atoms with Crippen LogP contribution in [0.25, 0.3) is 0 Å². The van der Waals surface area contributed by atoms with Crippen molar-refractivity contribution in [3.05, 3.63) is 0 Å². The van der Waals surface area contributed by atoms with Crippen LogP contribution >= 0.6 is 0 Å². The average molecular weight is 154 g/mol. The van der Waals surface area contributed by atoms with Crippen LogP contribution in [-0.2, 0) is 0 Å². The second-order valence-electron chi connectivity index (χ2n) is 4.15. The van der Waals surface area contributed by atoms with Gasteiger partial charge < -0.3 is 0 Å². The van der Waals surface area contributed by atoms with Crippen molar-refractivity contribution in [1.29, 1.82) is 0 Å². The third-order valence-electron chi connectivity index (χ3n) is 3.09. The van der Waals surface area contributed by atoms with Crippen LogP contribution < -0.4 is 0 Å². The van der Waals surface area contributed by atoms with Crippen LogP contribution in [0.5, 0.6) is 0 Å². The third kappa shape index (κ3) is 1.30. The smallest absolute Gasteiger partial charge is 0.0247 e. The van der Waals surface area contributed by atoms with E-state index in [-0.39, 0.29) is 0 Å². The van der Waals surface area contributed by atoms with E-state index in [0.717, 1.165) is 12.0 Å². The van der Waals surface area contributed by atoms with Gasteiger partial charge in [-0.15, -0.1) is 0 Å². The SMILES string of the molecule is CC(C)C1CN2CCN1CC2. The highest BCUT2D eigenvalue weighted by atomic mass is 15.3. The summed E-state index contributed by atoms with van der Waals surface area (Å²) in [7, 11) is 0. The van der Waals surface area contributed by atoms with Crippen molar-refractivity contribution in [3.8, 4) is 0 Å². The molecule has 3 aliphatic rings. The molecule has 3 saturated heterocycles. The Morgan fingerprint density at radius 1 is 1.09 bits per heavy atom. The largest absolute Gasteiger partial charge is 0.299 e. The number of piperazine rings is 3. The Bertz CT molecular complexity index is 136. The van der Waals surface area contributed by atoms with E-state index in [1.807, 2.05) is 0 Å². The van der Waals surface area contributed by atoms with Gasteiger partial charge in [0.1, 0.15) is 0 Å². The normalized spacial score (nSPS) is 43.4. The second kappa shape index (κ2) is 2.76. The number of hydrogen-bond acceptors (Lipinski definition) is 2. The average Bonchev–Trinajstić information content (AvgIpc) is 2.06. The van der Waals surface area contributed by atoms with E-state index in [9.17, 15) is 0 Å². The summed E-state index contributed by atoms with van der Waals surface area (Å²) in [6, 6.07) is 0.845. The van der Waals surface area contributed by atoms with Crippen LogP contribution in [-0.4, -0.2) is 48.6 Å². The van der Waals surface area contributed by atoms with E-state index in [2.05, 4.69) is 23.6 Å². The van der Waals surface area contributed by atoms with Crippen molar-refractivity contribution in [3.63, 3.8) is 0 Å². The predicted molar refractivity (Wildman–Crippen MR) is 46.6 cm³/mol. The minimum absolute atomic E-state index is 0.832. The summed E-state index contributed by atoms with van der Waals surface area (Å²) < 4.78 is 0. The van der Waals surface area contributed by atoms with Crippen LogP contribution in [0.2, 0.25) is 0 Å². The summed E-state index contributed by atoms with van der Waals surface area (Å²) >= 11 is 0. The van der Waals surface area contributed by atoms with Gasteiger partial charge in [0.05, 0.1) is 0 Å². The molecule has 2 nitrogen and oxygen atoms in total. The van der Waals surface area contributed by atoms with Gasteiger partial charge in [0.2, 0.25) is 0 Å². The zero-order valence-corrected chi connectivity index (χ0v) is 7.58. The molecule has 0 saturated carbocycles. The Morgan fingerprint density at radius 3 is 2.00 bits per heavy atom. The monoisotopic (exact) mass is 154 g/mol.